The van der Waals surface area contributed by atoms with Crippen molar-refractivity contribution in [1.29, 1.82) is 0 Å². The number of benzene rings is 2. The van der Waals surface area contributed by atoms with Crippen LogP contribution in [0.15, 0.2) is 61.9 Å². The lowest BCUT2D eigenvalue weighted by Gasteiger charge is -2.24. The fourth-order valence-electron chi connectivity index (χ4n) is 3.95. The van der Waals surface area contributed by atoms with Gasteiger partial charge in [0.2, 0.25) is 0 Å². The summed E-state index contributed by atoms with van der Waals surface area (Å²) in [5.41, 5.74) is 3.15. The number of hydrogen-bond acceptors (Lipinski definition) is 7. The Morgan fingerprint density at radius 3 is 2.57 bits per heavy atom. The third-order valence-corrected chi connectivity index (χ3v) is 7.15. The molecule has 2 heterocycles. The zero-order valence-electron chi connectivity index (χ0n) is 19.8. The van der Waals surface area contributed by atoms with Crippen LogP contribution in [0.3, 0.4) is 0 Å². The first-order chi connectivity index (χ1) is 16.7. The van der Waals surface area contributed by atoms with Crippen LogP contribution in [0.5, 0.6) is 11.5 Å². The average Bonchev–Trinajstić information content (AvgIpc) is 3.11. The first-order valence-electron chi connectivity index (χ1n) is 11.2. The van der Waals surface area contributed by atoms with Gasteiger partial charge < -0.3 is 14.6 Å². The molecule has 1 atom stereocenters. The Balaban J connectivity index is 1.93. The van der Waals surface area contributed by atoms with Gasteiger partial charge in [-0.25, -0.2) is 9.79 Å². The molecule has 7 nitrogen and oxygen atoms in total. The van der Waals surface area contributed by atoms with Gasteiger partial charge >= 0.3 is 5.97 Å². The van der Waals surface area contributed by atoms with Gasteiger partial charge in [0.1, 0.15) is 0 Å². The van der Waals surface area contributed by atoms with Crippen molar-refractivity contribution in [3.8, 4) is 11.5 Å². The Kier molecular flexibility index (Phi) is 7.28. The summed E-state index contributed by atoms with van der Waals surface area (Å²) >= 11 is 4.58. The molecule has 1 N–H and O–H groups in total. The van der Waals surface area contributed by atoms with Crippen LogP contribution in [0.4, 0.5) is 0 Å². The van der Waals surface area contributed by atoms with E-state index in [-0.39, 0.29) is 17.9 Å². The molecule has 3 aromatic rings. The minimum Gasteiger partial charge on any atom is -0.503 e. The number of fused-ring (bicyclic) bond motifs is 1. The molecule has 4 rings (SSSR count). The summed E-state index contributed by atoms with van der Waals surface area (Å²) in [6.07, 6.45) is 1.73. The van der Waals surface area contributed by atoms with Crippen molar-refractivity contribution in [2.45, 2.75) is 33.7 Å². The molecule has 1 unspecified atom stereocenters. The van der Waals surface area contributed by atoms with E-state index in [0.29, 0.717) is 43.0 Å². The lowest BCUT2D eigenvalue weighted by atomic mass is 9.95. The van der Waals surface area contributed by atoms with E-state index in [1.54, 1.807) is 36.6 Å². The van der Waals surface area contributed by atoms with E-state index in [4.69, 9.17) is 9.47 Å². The Morgan fingerprint density at radius 1 is 1.20 bits per heavy atom. The van der Waals surface area contributed by atoms with Crippen molar-refractivity contribution in [3.63, 3.8) is 0 Å². The molecular formula is C26H25BrN2O5S. The predicted octanol–water partition coefficient (Wildman–Crippen LogP) is 3.97. The van der Waals surface area contributed by atoms with Crippen LogP contribution in [0.1, 0.15) is 43.5 Å². The molecule has 1 aromatic heterocycles. The highest BCUT2D eigenvalue weighted by Crippen LogP contribution is 2.36. The van der Waals surface area contributed by atoms with Crippen molar-refractivity contribution in [1.82, 2.24) is 4.57 Å². The molecule has 9 heteroatoms. The van der Waals surface area contributed by atoms with E-state index < -0.39 is 12.0 Å². The number of phenols is 1. The van der Waals surface area contributed by atoms with E-state index in [1.165, 1.54) is 11.3 Å². The van der Waals surface area contributed by atoms with E-state index >= 15 is 0 Å². The number of ether oxygens (including phenoxy) is 2. The molecule has 35 heavy (non-hydrogen) atoms. The highest BCUT2D eigenvalue weighted by Gasteiger charge is 2.33. The largest absolute Gasteiger partial charge is 0.503 e. The molecule has 1 aliphatic heterocycles. The van der Waals surface area contributed by atoms with Gasteiger partial charge in [0.15, 0.2) is 16.3 Å². The van der Waals surface area contributed by atoms with Crippen molar-refractivity contribution in [3.05, 3.63) is 88.5 Å². The predicted molar refractivity (Wildman–Crippen MR) is 139 cm³/mol. The molecule has 0 amide bonds. The number of rotatable bonds is 6. The van der Waals surface area contributed by atoms with Crippen molar-refractivity contribution < 1.29 is 19.4 Å². The smallest absolute Gasteiger partial charge is 0.338 e. The lowest BCUT2D eigenvalue weighted by Crippen LogP contribution is -2.39. The summed E-state index contributed by atoms with van der Waals surface area (Å²) in [5, 5.41) is 10.2. The van der Waals surface area contributed by atoms with Crippen LogP contribution >= 0.6 is 27.3 Å². The number of thiazole rings is 1. The number of hydrogen-bond donors (Lipinski definition) is 1. The molecule has 182 valence electrons. The number of carbonyl (C=O) groups excluding carboxylic acids is 1. The van der Waals surface area contributed by atoms with Crippen LogP contribution in [0.25, 0.3) is 6.08 Å². The lowest BCUT2D eigenvalue weighted by molar-refractivity contribution is -0.139. The van der Waals surface area contributed by atoms with E-state index in [0.717, 1.165) is 11.1 Å². The number of halogens is 1. The van der Waals surface area contributed by atoms with E-state index in [9.17, 15) is 14.7 Å². The minimum atomic E-state index is -0.654. The summed E-state index contributed by atoms with van der Waals surface area (Å²) < 4.78 is 13.3. The van der Waals surface area contributed by atoms with Gasteiger partial charge in [0.05, 0.1) is 39.5 Å². The number of aromatic nitrogens is 1. The number of nitrogens with zero attached hydrogens (tertiary/aromatic N) is 2. The average molecular weight is 557 g/mol. The molecule has 2 aromatic carbocycles. The second kappa shape index (κ2) is 10.2. The molecule has 0 aliphatic carbocycles. The molecule has 0 saturated carbocycles. The van der Waals surface area contributed by atoms with Gasteiger partial charge in [-0.05, 0) is 73.0 Å². The van der Waals surface area contributed by atoms with Crippen LogP contribution in [0.2, 0.25) is 0 Å². The number of aryl methyl sites for hydroxylation is 1. The fraction of sp³-hybridized carbons (Fsp3) is 0.269. The van der Waals surface area contributed by atoms with Gasteiger partial charge in [0, 0.05) is 0 Å². The number of carbonyl (C=O) groups is 1. The quantitative estimate of drug-likeness (QED) is 0.464. The normalized spacial score (nSPS) is 15.6. The van der Waals surface area contributed by atoms with Crippen LogP contribution < -0.4 is 19.6 Å². The zero-order chi connectivity index (χ0) is 25.3. The Hall–Kier alpha value is -3.17. The monoisotopic (exact) mass is 556 g/mol. The van der Waals surface area contributed by atoms with Crippen LogP contribution in [-0.2, 0) is 9.53 Å². The maximum absolute atomic E-state index is 13.7. The first-order valence-corrected chi connectivity index (χ1v) is 12.8. The molecule has 0 radical (unpaired) electrons. The summed E-state index contributed by atoms with van der Waals surface area (Å²) in [5.74, 6) is -0.171. The second-order valence-corrected chi connectivity index (χ2v) is 9.86. The highest BCUT2D eigenvalue weighted by atomic mass is 79.9. The molecule has 0 fully saturated rings. The molecule has 1 aliphatic rings. The second-order valence-electron chi connectivity index (χ2n) is 8.00. The first kappa shape index (κ1) is 24.9. The molecule has 0 spiro atoms. The molecular weight excluding hydrogens is 532 g/mol. The number of phenolic OH excluding ortho intramolecular Hbond substituents is 1. The van der Waals surface area contributed by atoms with Crippen molar-refractivity contribution in [2.24, 2.45) is 4.99 Å². The number of aromatic hydroxyl groups is 1. The van der Waals surface area contributed by atoms with Crippen LogP contribution in [-0.4, -0.2) is 28.9 Å². The van der Waals surface area contributed by atoms with Gasteiger partial charge in [-0.3, -0.25) is 9.36 Å². The molecule has 0 saturated heterocycles. The molecule has 0 bridgehead atoms. The third-order valence-electron chi connectivity index (χ3n) is 5.56. The van der Waals surface area contributed by atoms with E-state index in [1.807, 2.05) is 38.1 Å². The Morgan fingerprint density at radius 2 is 1.91 bits per heavy atom. The minimum absolute atomic E-state index is 0.000431. The van der Waals surface area contributed by atoms with Crippen LogP contribution in [0, 0.1) is 6.92 Å². The number of allylic oxidation sites excluding steroid dienone is 1. The standard InChI is InChI=1S/C26H25BrN2O5S/c1-5-33-19-12-16(11-18(27)23(19)30)13-20-24(31)29-22(17-9-7-14(3)8-10-17)21(25(32)34-6-2)15(4)28-26(29)35-20/h7-13,22,30H,5-6H2,1-4H3. The fourth-order valence-corrected chi connectivity index (χ4v) is 5.46. The summed E-state index contributed by atoms with van der Waals surface area (Å²) in [6.45, 7) is 7.92. The summed E-state index contributed by atoms with van der Waals surface area (Å²) in [4.78, 5) is 31.7. The van der Waals surface area contributed by atoms with E-state index in [2.05, 4.69) is 20.9 Å². The van der Waals surface area contributed by atoms with Crippen molar-refractivity contribution >= 4 is 39.3 Å². The zero-order valence-corrected chi connectivity index (χ0v) is 22.2. The Labute approximate surface area is 214 Å². The highest BCUT2D eigenvalue weighted by molar-refractivity contribution is 9.10. The summed E-state index contributed by atoms with van der Waals surface area (Å²) in [6, 6.07) is 10.5. The van der Waals surface area contributed by atoms with Crippen molar-refractivity contribution in [2.75, 3.05) is 13.2 Å². The third kappa shape index (κ3) is 4.83. The number of esters is 1. The maximum Gasteiger partial charge on any atom is 0.338 e. The maximum atomic E-state index is 13.7. The van der Waals surface area contributed by atoms with Gasteiger partial charge in [-0.2, -0.15) is 0 Å². The van der Waals surface area contributed by atoms with Gasteiger partial charge in [-0.1, -0.05) is 41.2 Å². The summed E-state index contributed by atoms with van der Waals surface area (Å²) in [7, 11) is 0. The Bertz CT molecular complexity index is 1500. The van der Waals surface area contributed by atoms with Gasteiger partial charge in [0.25, 0.3) is 5.56 Å². The SMILES string of the molecule is CCOC(=O)C1=C(C)N=c2sc(=Cc3cc(Br)c(O)c(OCC)c3)c(=O)n2C1c1ccc(C)cc1. The van der Waals surface area contributed by atoms with Gasteiger partial charge in [-0.15, -0.1) is 0 Å². The topological polar surface area (TPSA) is 90.1 Å².